The Morgan fingerprint density at radius 1 is 1.39 bits per heavy atom. The zero-order chi connectivity index (χ0) is 13.0. The van der Waals surface area contributed by atoms with Crippen molar-refractivity contribution in [2.75, 3.05) is 32.5 Å². The molecule has 1 saturated heterocycles. The van der Waals surface area contributed by atoms with Gasteiger partial charge in [-0.1, -0.05) is 12.1 Å². The fourth-order valence-corrected chi connectivity index (χ4v) is 2.57. The van der Waals surface area contributed by atoms with Gasteiger partial charge in [-0.2, -0.15) is 0 Å². The number of nitrogens with two attached hydrogens (primary N) is 1. The van der Waals surface area contributed by atoms with Gasteiger partial charge in [-0.3, -0.25) is 4.90 Å². The molecule has 2 N–H and O–H groups in total. The number of benzene rings is 1. The number of hydrogen-bond donors (Lipinski definition) is 1. The minimum absolute atomic E-state index is 0.413. The lowest BCUT2D eigenvalue weighted by molar-refractivity contribution is 0.0513. The molecule has 1 aliphatic heterocycles. The molecule has 1 heterocycles. The number of hydrogen-bond acceptors (Lipinski definition) is 3. The van der Waals surface area contributed by atoms with Crippen LogP contribution in [0, 0.1) is 5.92 Å². The molecule has 2 rings (SSSR count). The van der Waals surface area contributed by atoms with Gasteiger partial charge in [-0.05, 0) is 50.4 Å². The highest BCUT2D eigenvalue weighted by Crippen LogP contribution is 2.24. The van der Waals surface area contributed by atoms with Gasteiger partial charge in [-0.15, -0.1) is 0 Å². The summed E-state index contributed by atoms with van der Waals surface area (Å²) in [5.74, 6) is 0.771. The van der Waals surface area contributed by atoms with Crippen molar-refractivity contribution in [3.63, 3.8) is 0 Å². The highest BCUT2D eigenvalue weighted by atomic mass is 16.5. The first-order valence-electron chi connectivity index (χ1n) is 6.80. The van der Waals surface area contributed by atoms with Crippen LogP contribution >= 0.6 is 0 Å². The number of ether oxygens (including phenoxy) is 1. The Balaban J connectivity index is 1.93. The molecular weight excluding hydrogens is 224 g/mol. The van der Waals surface area contributed by atoms with Gasteiger partial charge in [0.1, 0.15) is 0 Å². The minimum atomic E-state index is 0.413. The number of nitrogen functional groups attached to an aromatic ring is 1. The first-order valence-corrected chi connectivity index (χ1v) is 6.80. The molecule has 1 unspecified atom stereocenters. The Kier molecular flexibility index (Phi) is 4.61. The van der Waals surface area contributed by atoms with Crippen LogP contribution < -0.4 is 5.73 Å². The van der Waals surface area contributed by atoms with Crippen LogP contribution in [0.15, 0.2) is 24.3 Å². The van der Waals surface area contributed by atoms with Gasteiger partial charge in [0.25, 0.3) is 0 Å². The van der Waals surface area contributed by atoms with Gasteiger partial charge >= 0.3 is 0 Å². The van der Waals surface area contributed by atoms with Gasteiger partial charge in [0, 0.05) is 31.5 Å². The second-order valence-electron chi connectivity index (χ2n) is 5.34. The molecule has 0 spiro atoms. The lowest BCUT2D eigenvalue weighted by Gasteiger charge is -2.31. The van der Waals surface area contributed by atoms with Crippen LogP contribution in [-0.2, 0) is 4.74 Å². The van der Waals surface area contributed by atoms with Gasteiger partial charge in [0.15, 0.2) is 0 Å². The highest BCUT2D eigenvalue weighted by molar-refractivity contribution is 5.41. The van der Waals surface area contributed by atoms with E-state index in [0.717, 1.165) is 31.4 Å². The maximum atomic E-state index is 5.85. The van der Waals surface area contributed by atoms with Crippen molar-refractivity contribution in [1.29, 1.82) is 0 Å². The zero-order valence-electron chi connectivity index (χ0n) is 11.4. The van der Waals surface area contributed by atoms with E-state index in [4.69, 9.17) is 10.5 Å². The van der Waals surface area contributed by atoms with Crippen LogP contribution in [0.5, 0.6) is 0 Å². The molecular formula is C15H24N2O. The fourth-order valence-electron chi connectivity index (χ4n) is 2.57. The molecule has 0 amide bonds. The fraction of sp³-hybridized carbons (Fsp3) is 0.600. The van der Waals surface area contributed by atoms with Crippen molar-refractivity contribution in [3.05, 3.63) is 29.8 Å². The lowest BCUT2D eigenvalue weighted by Crippen LogP contribution is -2.31. The predicted molar refractivity (Wildman–Crippen MR) is 75.4 cm³/mol. The molecule has 0 aromatic heterocycles. The highest BCUT2D eigenvalue weighted by Gasteiger charge is 2.19. The molecule has 3 nitrogen and oxygen atoms in total. The summed E-state index contributed by atoms with van der Waals surface area (Å²) in [5.41, 5.74) is 7.99. The van der Waals surface area contributed by atoms with Gasteiger partial charge in [0.2, 0.25) is 0 Å². The summed E-state index contributed by atoms with van der Waals surface area (Å²) in [7, 11) is 2.20. The zero-order valence-corrected chi connectivity index (χ0v) is 11.4. The Morgan fingerprint density at radius 3 is 2.78 bits per heavy atom. The van der Waals surface area contributed by atoms with Gasteiger partial charge < -0.3 is 10.5 Å². The average molecular weight is 248 g/mol. The topological polar surface area (TPSA) is 38.5 Å². The first kappa shape index (κ1) is 13.4. The van der Waals surface area contributed by atoms with Crippen LogP contribution in [0.1, 0.15) is 31.4 Å². The SMILES string of the molecule is CC(c1cccc(N)c1)N(C)CC1CCOCC1. The molecule has 0 radical (unpaired) electrons. The molecule has 3 heteroatoms. The Bertz CT molecular complexity index is 375. The van der Waals surface area contributed by atoms with E-state index >= 15 is 0 Å². The average Bonchev–Trinajstić information content (AvgIpc) is 2.39. The molecule has 1 aromatic rings. The molecule has 1 atom stereocenters. The summed E-state index contributed by atoms with van der Waals surface area (Å²) in [6.45, 7) is 5.23. The molecule has 1 aromatic carbocycles. The van der Waals surface area contributed by atoms with E-state index in [0.29, 0.717) is 6.04 Å². The van der Waals surface area contributed by atoms with Crippen molar-refractivity contribution in [3.8, 4) is 0 Å². The standard InChI is InChI=1S/C15H24N2O/c1-12(14-4-3-5-15(16)10-14)17(2)11-13-6-8-18-9-7-13/h3-5,10,12-13H,6-9,11,16H2,1-2H3. The van der Waals surface area contributed by atoms with Crippen LogP contribution in [0.4, 0.5) is 5.69 Å². The van der Waals surface area contributed by atoms with Crippen LogP contribution in [0.25, 0.3) is 0 Å². The second-order valence-corrected chi connectivity index (χ2v) is 5.34. The normalized spacial score (nSPS) is 19.1. The monoisotopic (exact) mass is 248 g/mol. The predicted octanol–water partition coefficient (Wildman–Crippen LogP) is 2.69. The number of nitrogens with zero attached hydrogens (tertiary/aromatic N) is 1. The van der Waals surface area contributed by atoms with E-state index in [-0.39, 0.29) is 0 Å². The maximum Gasteiger partial charge on any atom is 0.0469 e. The third kappa shape index (κ3) is 3.47. The molecule has 0 saturated carbocycles. The van der Waals surface area contributed by atoms with E-state index in [1.165, 1.54) is 18.4 Å². The molecule has 0 aliphatic carbocycles. The molecule has 100 valence electrons. The Hall–Kier alpha value is -1.06. The largest absolute Gasteiger partial charge is 0.399 e. The summed E-state index contributed by atoms with van der Waals surface area (Å²) in [5, 5.41) is 0. The molecule has 18 heavy (non-hydrogen) atoms. The lowest BCUT2D eigenvalue weighted by atomic mass is 9.98. The molecule has 1 aliphatic rings. The summed E-state index contributed by atoms with van der Waals surface area (Å²) < 4.78 is 5.41. The van der Waals surface area contributed by atoms with Crippen molar-refractivity contribution in [1.82, 2.24) is 4.90 Å². The van der Waals surface area contributed by atoms with Gasteiger partial charge in [-0.25, -0.2) is 0 Å². The van der Waals surface area contributed by atoms with Crippen LogP contribution in [0.2, 0.25) is 0 Å². The van der Waals surface area contributed by atoms with E-state index in [1.807, 2.05) is 12.1 Å². The minimum Gasteiger partial charge on any atom is -0.399 e. The number of anilines is 1. The van der Waals surface area contributed by atoms with E-state index in [1.54, 1.807) is 0 Å². The van der Waals surface area contributed by atoms with E-state index in [9.17, 15) is 0 Å². The maximum absolute atomic E-state index is 5.85. The van der Waals surface area contributed by atoms with Crippen molar-refractivity contribution < 1.29 is 4.74 Å². The smallest absolute Gasteiger partial charge is 0.0469 e. The third-order valence-electron chi connectivity index (χ3n) is 3.94. The third-order valence-corrected chi connectivity index (χ3v) is 3.94. The quantitative estimate of drug-likeness (QED) is 0.833. The summed E-state index contributed by atoms with van der Waals surface area (Å²) in [6, 6.07) is 8.61. The van der Waals surface area contributed by atoms with Crippen molar-refractivity contribution in [2.24, 2.45) is 5.92 Å². The summed E-state index contributed by atoms with van der Waals surface area (Å²) in [4.78, 5) is 2.42. The van der Waals surface area contributed by atoms with Crippen molar-refractivity contribution >= 4 is 5.69 Å². The Labute approximate surface area is 110 Å². The van der Waals surface area contributed by atoms with Gasteiger partial charge in [0.05, 0.1) is 0 Å². The molecule has 1 fully saturated rings. The van der Waals surface area contributed by atoms with Crippen molar-refractivity contribution in [2.45, 2.75) is 25.8 Å². The number of rotatable bonds is 4. The van der Waals surface area contributed by atoms with Crippen LogP contribution in [-0.4, -0.2) is 31.7 Å². The summed E-state index contributed by atoms with van der Waals surface area (Å²) >= 11 is 0. The molecule has 0 bridgehead atoms. The van der Waals surface area contributed by atoms with Crippen LogP contribution in [0.3, 0.4) is 0 Å². The van der Waals surface area contributed by atoms with E-state index in [2.05, 4.69) is 31.0 Å². The van der Waals surface area contributed by atoms with E-state index < -0.39 is 0 Å². The first-order chi connectivity index (χ1) is 8.66. The Morgan fingerprint density at radius 2 is 2.11 bits per heavy atom. The second kappa shape index (κ2) is 6.21. The summed E-state index contributed by atoms with van der Waals surface area (Å²) in [6.07, 6.45) is 2.38.